The summed E-state index contributed by atoms with van der Waals surface area (Å²) in [6.07, 6.45) is 0. The lowest BCUT2D eigenvalue weighted by atomic mass is 9.87. The Bertz CT molecular complexity index is 1180. The van der Waals surface area contributed by atoms with Crippen LogP contribution in [0.3, 0.4) is 0 Å². The molecular formula is C20H24N6O3S2. The zero-order valence-corrected chi connectivity index (χ0v) is 19.0. The third-order valence-corrected chi connectivity index (χ3v) is 6.34. The Morgan fingerprint density at radius 3 is 2.23 bits per heavy atom. The first-order chi connectivity index (χ1) is 14.4. The normalized spacial score (nSPS) is 12.0. The van der Waals surface area contributed by atoms with Crippen molar-refractivity contribution in [2.24, 2.45) is 5.14 Å². The van der Waals surface area contributed by atoms with Crippen LogP contribution >= 0.6 is 11.8 Å². The molecule has 0 aliphatic heterocycles. The Balaban J connectivity index is 1.62. The van der Waals surface area contributed by atoms with Gasteiger partial charge in [-0.2, -0.15) is 0 Å². The summed E-state index contributed by atoms with van der Waals surface area (Å²) in [6.45, 7) is 6.42. The average molecular weight is 461 g/mol. The number of carbonyl (C=O) groups is 1. The molecule has 0 atom stereocenters. The first-order valence-corrected chi connectivity index (χ1v) is 11.9. The summed E-state index contributed by atoms with van der Waals surface area (Å²) in [7, 11) is -3.78. The maximum atomic E-state index is 12.2. The van der Waals surface area contributed by atoms with Crippen molar-refractivity contribution in [2.45, 2.75) is 36.2 Å². The predicted octanol–water partition coefficient (Wildman–Crippen LogP) is 2.33. The maximum Gasteiger partial charge on any atom is 0.238 e. The van der Waals surface area contributed by atoms with Crippen LogP contribution in [-0.2, 0) is 20.2 Å². The van der Waals surface area contributed by atoms with Gasteiger partial charge in [-0.1, -0.05) is 56.8 Å². The zero-order chi connectivity index (χ0) is 22.8. The van der Waals surface area contributed by atoms with Crippen LogP contribution in [0.1, 0.15) is 26.3 Å². The Morgan fingerprint density at radius 2 is 1.68 bits per heavy atom. The summed E-state index contributed by atoms with van der Waals surface area (Å²) >= 11 is 1.14. The molecular weight excluding hydrogens is 436 g/mol. The molecule has 1 heterocycles. The molecule has 0 fully saturated rings. The molecule has 0 aliphatic carbocycles. The Hall–Kier alpha value is -2.89. The second kappa shape index (κ2) is 8.69. The first kappa shape index (κ1) is 22.8. The minimum atomic E-state index is -3.78. The molecule has 0 saturated heterocycles. The number of nitrogens with one attached hydrogen (secondary N) is 1. The number of hydrogen-bond acceptors (Lipinski definition) is 7. The molecule has 31 heavy (non-hydrogen) atoms. The quantitative estimate of drug-likeness (QED) is 0.378. The van der Waals surface area contributed by atoms with Gasteiger partial charge in [-0.3, -0.25) is 4.79 Å². The van der Waals surface area contributed by atoms with Crippen LogP contribution in [-0.4, -0.2) is 35.0 Å². The number of carbonyl (C=O) groups excluding carboxylic acids is 1. The van der Waals surface area contributed by atoms with Crippen molar-refractivity contribution in [1.29, 1.82) is 0 Å². The van der Waals surface area contributed by atoms with Crippen LogP contribution in [0.25, 0.3) is 11.4 Å². The summed E-state index contributed by atoms with van der Waals surface area (Å²) < 4.78 is 23.9. The molecule has 1 amide bonds. The fourth-order valence-corrected chi connectivity index (χ4v) is 3.92. The van der Waals surface area contributed by atoms with Gasteiger partial charge in [0.15, 0.2) is 5.82 Å². The molecule has 5 N–H and O–H groups in total. The molecule has 9 nitrogen and oxygen atoms in total. The van der Waals surface area contributed by atoms with Gasteiger partial charge >= 0.3 is 0 Å². The summed E-state index contributed by atoms with van der Waals surface area (Å²) in [5, 5.41) is 16.3. The number of anilines is 1. The summed E-state index contributed by atoms with van der Waals surface area (Å²) in [5.74, 6) is 6.38. The van der Waals surface area contributed by atoms with Crippen LogP contribution in [0.5, 0.6) is 0 Å². The minimum Gasteiger partial charge on any atom is -0.335 e. The molecule has 11 heteroatoms. The van der Waals surface area contributed by atoms with Crippen molar-refractivity contribution in [1.82, 2.24) is 14.9 Å². The lowest BCUT2D eigenvalue weighted by Crippen LogP contribution is -2.17. The average Bonchev–Trinajstić information content (AvgIpc) is 3.06. The molecule has 0 spiro atoms. The molecule has 164 valence electrons. The summed E-state index contributed by atoms with van der Waals surface area (Å²) in [6, 6.07) is 13.5. The van der Waals surface area contributed by atoms with Gasteiger partial charge in [0.2, 0.25) is 21.1 Å². The molecule has 2 aromatic carbocycles. The van der Waals surface area contributed by atoms with Gasteiger partial charge in [-0.15, -0.1) is 10.2 Å². The number of nitrogens with zero attached hydrogens (tertiary/aromatic N) is 3. The fraction of sp³-hybridized carbons (Fsp3) is 0.250. The first-order valence-electron chi connectivity index (χ1n) is 9.32. The van der Waals surface area contributed by atoms with E-state index >= 15 is 0 Å². The number of benzene rings is 2. The molecule has 0 bridgehead atoms. The lowest BCUT2D eigenvalue weighted by Gasteiger charge is -2.19. The van der Waals surface area contributed by atoms with Gasteiger partial charge in [-0.25, -0.2) is 18.2 Å². The SMILES string of the molecule is CC(C)(C)c1ccc(-c2nnc(SCC(=O)Nc3ccc(S(N)(=O)=O)cc3)n2N)cc1. The highest BCUT2D eigenvalue weighted by molar-refractivity contribution is 7.99. The van der Waals surface area contributed by atoms with E-state index in [4.69, 9.17) is 11.0 Å². The summed E-state index contributed by atoms with van der Waals surface area (Å²) in [4.78, 5) is 12.2. The smallest absolute Gasteiger partial charge is 0.238 e. The van der Waals surface area contributed by atoms with E-state index < -0.39 is 10.0 Å². The third-order valence-electron chi connectivity index (χ3n) is 4.47. The monoisotopic (exact) mass is 460 g/mol. The fourth-order valence-electron chi connectivity index (χ4n) is 2.75. The van der Waals surface area contributed by atoms with Gasteiger partial charge < -0.3 is 11.2 Å². The number of hydrogen-bond donors (Lipinski definition) is 3. The number of thioether (sulfide) groups is 1. The van der Waals surface area contributed by atoms with E-state index in [1.165, 1.54) is 34.5 Å². The number of aromatic nitrogens is 3. The van der Waals surface area contributed by atoms with Crippen molar-refractivity contribution in [3.05, 3.63) is 54.1 Å². The van der Waals surface area contributed by atoms with Crippen molar-refractivity contribution in [3.63, 3.8) is 0 Å². The third kappa shape index (κ3) is 5.63. The molecule has 1 aromatic heterocycles. The van der Waals surface area contributed by atoms with E-state index in [-0.39, 0.29) is 22.0 Å². The Morgan fingerprint density at radius 1 is 1.06 bits per heavy atom. The van der Waals surface area contributed by atoms with Crippen LogP contribution in [0.2, 0.25) is 0 Å². The second-order valence-corrected chi connectivity index (χ2v) is 10.4. The van der Waals surface area contributed by atoms with E-state index in [1.54, 1.807) is 0 Å². The van der Waals surface area contributed by atoms with Crippen LogP contribution < -0.4 is 16.3 Å². The molecule has 3 aromatic rings. The number of amides is 1. The number of rotatable bonds is 6. The topological polar surface area (TPSA) is 146 Å². The maximum absolute atomic E-state index is 12.2. The van der Waals surface area contributed by atoms with Gasteiger partial charge in [0.1, 0.15) is 0 Å². The van der Waals surface area contributed by atoms with Crippen molar-refractivity contribution >= 4 is 33.4 Å². The van der Waals surface area contributed by atoms with Gasteiger partial charge in [0.25, 0.3) is 0 Å². The summed E-state index contributed by atoms with van der Waals surface area (Å²) in [5.41, 5.74) is 2.52. The van der Waals surface area contributed by atoms with E-state index in [0.29, 0.717) is 16.7 Å². The minimum absolute atomic E-state index is 0.0285. The van der Waals surface area contributed by atoms with E-state index in [2.05, 4.69) is 36.3 Å². The molecule has 0 radical (unpaired) electrons. The largest absolute Gasteiger partial charge is 0.335 e. The van der Waals surface area contributed by atoms with Gasteiger partial charge in [-0.05, 0) is 35.2 Å². The standard InChI is InChI=1S/C20H24N6O3S2/c1-20(2,3)14-6-4-13(5-7-14)18-24-25-19(26(18)21)30-12-17(27)23-15-8-10-16(11-9-15)31(22,28)29/h4-11H,12,21H2,1-3H3,(H,23,27)(H2,22,28,29). The number of nitrogens with two attached hydrogens (primary N) is 2. The van der Waals surface area contributed by atoms with Crippen LogP contribution in [0, 0.1) is 0 Å². The van der Waals surface area contributed by atoms with Crippen molar-refractivity contribution < 1.29 is 13.2 Å². The van der Waals surface area contributed by atoms with Crippen molar-refractivity contribution in [3.8, 4) is 11.4 Å². The van der Waals surface area contributed by atoms with Crippen LogP contribution in [0.4, 0.5) is 5.69 Å². The van der Waals surface area contributed by atoms with Gasteiger partial charge in [0, 0.05) is 11.3 Å². The van der Waals surface area contributed by atoms with Crippen LogP contribution in [0.15, 0.2) is 58.6 Å². The Labute approximate surface area is 185 Å². The van der Waals surface area contributed by atoms with Gasteiger partial charge in [0.05, 0.1) is 10.6 Å². The molecule has 0 saturated carbocycles. The van der Waals surface area contributed by atoms with E-state index in [0.717, 1.165) is 17.3 Å². The highest BCUT2D eigenvalue weighted by Crippen LogP contribution is 2.26. The number of primary sulfonamides is 1. The zero-order valence-electron chi connectivity index (χ0n) is 17.4. The highest BCUT2D eigenvalue weighted by atomic mass is 32.2. The highest BCUT2D eigenvalue weighted by Gasteiger charge is 2.17. The molecule has 0 aliphatic rings. The van der Waals surface area contributed by atoms with E-state index in [9.17, 15) is 13.2 Å². The molecule has 0 unspecified atom stereocenters. The number of nitrogen functional groups attached to an aromatic ring is 1. The van der Waals surface area contributed by atoms with Crippen molar-refractivity contribution in [2.75, 3.05) is 16.9 Å². The second-order valence-electron chi connectivity index (χ2n) is 7.91. The van der Waals surface area contributed by atoms with E-state index in [1.807, 2.05) is 24.3 Å². The predicted molar refractivity (Wildman–Crippen MR) is 121 cm³/mol. The lowest BCUT2D eigenvalue weighted by molar-refractivity contribution is -0.113. The molecule has 3 rings (SSSR count). The number of sulfonamides is 1. The Kier molecular flexibility index (Phi) is 6.39.